The summed E-state index contributed by atoms with van der Waals surface area (Å²) in [6, 6.07) is 14.1. The number of rotatable bonds is 5. The monoisotopic (exact) mass is 512 g/mol. The predicted molar refractivity (Wildman–Crippen MR) is 151 cm³/mol. The van der Waals surface area contributed by atoms with E-state index in [1.807, 2.05) is 28.8 Å². The standard InChI is InChI=1S/C32H40N4O2/c1-32(2)21-14-13-20(25(32)17-21)15-16-35-22-7-5-8-23(35)19-24(18-22)36-28-11-4-3-9-26(28)34-30(31(36)38)27-10-6-12-29(37)33-27/h3-4,6,9-12,20-25H,5,7-8,13-19H2,1-2H3,(H,33,37)/t20-,21-,22-,23+,24+,25-/m0/s1. The average molecular weight is 513 g/mol. The second-order valence-electron chi connectivity index (χ2n) is 13.1. The van der Waals surface area contributed by atoms with Gasteiger partial charge in [-0.25, -0.2) is 4.98 Å². The Labute approximate surface area is 224 Å². The fourth-order valence-electron chi connectivity index (χ4n) is 8.93. The molecule has 6 heteroatoms. The lowest BCUT2D eigenvalue weighted by molar-refractivity contribution is -0.111. The molecule has 0 unspecified atom stereocenters. The van der Waals surface area contributed by atoms with Crippen molar-refractivity contribution in [2.45, 2.75) is 89.8 Å². The lowest BCUT2D eigenvalue weighted by atomic mass is 9.45. The summed E-state index contributed by atoms with van der Waals surface area (Å²) in [6.07, 6.45) is 11.4. The molecule has 8 rings (SSSR count). The molecule has 2 aliphatic heterocycles. The van der Waals surface area contributed by atoms with Gasteiger partial charge in [-0.05, 0) is 99.3 Å². The second-order valence-corrected chi connectivity index (χ2v) is 13.1. The lowest BCUT2D eigenvalue weighted by Crippen LogP contribution is -2.55. The van der Waals surface area contributed by atoms with Gasteiger partial charge in [0.05, 0.1) is 16.7 Å². The molecule has 200 valence electrons. The van der Waals surface area contributed by atoms with Crippen molar-refractivity contribution in [3.63, 3.8) is 0 Å². The summed E-state index contributed by atoms with van der Waals surface area (Å²) in [5.41, 5.74) is 2.78. The van der Waals surface area contributed by atoms with Crippen LogP contribution >= 0.6 is 0 Å². The quantitative estimate of drug-likeness (QED) is 0.471. The molecule has 6 nitrogen and oxygen atoms in total. The molecule has 4 heterocycles. The summed E-state index contributed by atoms with van der Waals surface area (Å²) in [6.45, 7) is 6.23. The van der Waals surface area contributed by atoms with Gasteiger partial charge in [0, 0.05) is 24.2 Å². The summed E-state index contributed by atoms with van der Waals surface area (Å²) >= 11 is 0. The first-order valence-corrected chi connectivity index (χ1v) is 14.9. The number of H-pyrrole nitrogens is 1. The first-order chi connectivity index (χ1) is 18.4. The normalized spacial score (nSPS) is 32.2. The van der Waals surface area contributed by atoms with E-state index in [9.17, 15) is 9.59 Å². The third kappa shape index (κ3) is 3.90. The maximum Gasteiger partial charge on any atom is 0.279 e. The van der Waals surface area contributed by atoms with Gasteiger partial charge < -0.3 is 9.55 Å². The number of pyridine rings is 1. The van der Waals surface area contributed by atoms with Crippen LogP contribution < -0.4 is 11.1 Å². The van der Waals surface area contributed by atoms with Gasteiger partial charge in [0.1, 0.15) is 0 Å². The van der Waals surface area contributed by atoms with Gasteiger partial charge in [0.2, 0.25) is 5.56 Å². The van der Waals surface area contributed by atoms with Crippen molar-refractivity contribution in [1.82, 2.24) is 19.4 Å². The highest BCUT2D eigenvalue weighted by Crippen LogP contribution is 2.62. The SMILES string of the molecule is CC1(C)[C@H]2CC[C@@H](CCN3[C@@H]4CCC[C@H]3C[C@@H](n3c(=O)c(-c5cccc(=O)[nH]5)nc5ccccc53)C4)[C@@H]1C2. The van der Waals surface area contributed by atoms with E-state index in [1.54, 1.807) is 12.1 Å². The molecule has 5 fully saturated rings. The Morgan fingerprint density at radius 2 is 1.71 bits per heavy atom. The number of piperidine rings is 2. The van der Waals surface area contributed by atoms with Gasteiger partial charge >= 0.3 is 0 Å². The first kappa shape index (κ1) is 24.3. The molecule has 3 saturated carbocycles. The molecule has 0 amide bonds. The summed E-state index contributed by atoms with van der Waals surface area (Å²) in [5, 5.41) is 0. The fourth-order valence-corrected chi connectivity index (χ4v) is 8.93. The van der Waals surface area contributed by atoms with Gasteiger partial charge in [0.15, 0.2) is 5.69 Å². The molecular weight excluding hydrogens is 472 g/mol. The molecule has 2 saturated heterocycles. The molecule has 2 aromatic heterocycles. The van der Waals surface area contributed by atoms with Gasteiger partial charge in [-0.1, -0.05) is 38.5 Å². The number of hydrogen-bond acceptors (Lipinski definition) is 4. The van der Waals surface area contributed by atoms with E-state index in [1.165, 1.54) is 57.6 Å². The zero-order chi connectivity index (χ0) is 26.0. The Morgan fingerprint density at radius 1 is 0.921 bits per heavy atom. The van der Waals surface area contributed by atoms with E-state index in [2.05, 4.69) is 23.7 Å². The summed E-state index contributed by atoms with van der Waals surface area (Å²) in [4.78, 5) is 36.4. The largest absolute Gasteiger partial charge is 0.320 e. The molecule has 5 aliphatic rings. The fraction of sp³-hybridized carbons (Fsp3) is 0.594. The molecule has 1 N–H and O–H groups in total. The van der Waals surface area contributed by atoms with Crippen LogP contribution in [0.25, 0.3) is 22.4 Å². The summed E-state index contributed by atoms with van der Waals surface area (Å²) in [5.74, 6) is 2.77. The topological polar surface area (TPSA) is 71.0 Å². The van der Waals surface area contributed by atoms with Gasteiger partial charge in [0.25, 0.3) is 5.56 Å². The average Bonchev–Trinajstić information content (AvgIpc) is 2.91. The summed E-state index contributed by atoms with van der Waals surface area (Å²) in [7, 11) is 0. The van der Waals surface area contributed by atoms with Crippen molar-refractivity contribution in [3.8, 4) is 11.4 Å². The van der Waals surface area contributed by atoms with Gasteiger partial charge in [-0.15, -0.1) is 0 Å². The van der Waals surface area contributed by atoms with Crippen molar-refractivity contribution in [2.24, 2.45) is 23.2 Å². The van der Waals surface area contributed by atoms with E-state index in [-0.39, 0.29) is 17.2 Å². The predicted octanol–water partition coefficient (Wildman–Crippen LogP) is 5.77. The minimum atomic E-state index is -0.218. The van der Waals surface area contributed by atoms with Crippen LogP contribution in [0.4, 0.5) is 0 Å². The number of benzene rings is 1. The Bertz CT molecular complexity index is 1460. The molecule has 4 bridgehead atoms. The van der Waals surface area contributed by atoms with Crippen LogP contribution in [0.3, 0.4) is 0 Å². The smallest absolute Gasteiger partial charge is 0.279 e. The molecule has 38 heavy (non-hydrogen) atoms. The van der Waals surface area contributed by atoms with Crippen LogP contribution in [0.1, 0.15) is 77.7 Å². The van der Waals surface area contributed by atoms with Crippen LogP contribution in [-0.2, 0) is 0 Å². The number of aromatic amines is 1. The Kier molecular flexibility index (Phi) is 5.88. The van der Waals surface area contributed by atoms with Crippen molar-refractivity contribution in [3.05, 3.63) is 63.2 Å². The zero-order valence-corrected chi connectivity index (χ0v) is 22.7. The van der Waals surface area contributed by atoms with E-state index < -0.39 is 0 Å². The van der Waals surface area contributed by atoms with Crippen molar-refractivity contribution in [1.29, 1.82) is 0 Å². The maximum atomic E-state index is 14.0. The van der Waals surface area contributed by atoms with Crippen molar-refractivity contribution >= 4 is 11.0 Å². The zero-order valence-electron chi connectivity index (χ0n) is 22.7. The third-order valence-corrected chi connectivity index (χ3v) is 11.0. The van der Waals surface area contributed by atoms with E-state index in [4.69, 9.17) is 4.98 Å². The van der Waals surface area contributed by atoms with Crippen LogP contribution in [0, 0.1) is 23.2 Å². The van der Waals surface area contributed by atoms with Crippen LogP contribution in [0.2, 0.25) is 0 Å². The molecule has 3 aliphatic carbocycles. The minimum Gasteiger partial charge on any atom is -0.320 e. The number of aromatic nitrogens is 3. The maximum absolute atomic E-state index is 14.0. The van der Waals surface area contributed by atoms with E-state index in [0.29, 0.717) is 28.9 Å². The highest BCUT2D eigenvalue weighted by atomic mass is 16.1. The highest BCUT2D eigenvalue weighted by molar-refractivity contribution is 5.77. The van der Waals surface area contributed by atoms with Crippen LogP contribution in [0.5, 0.6) is 0 Å². The molecule has 3 aromatic rings. The van der Waals surface area contributed by atoms with Crippen LogP contribution in [-0.4, -0.2) is 38.1 Å². The molecule has 1 aromatic carbocycles. The van der Waals surface area contributed by atoms with E-state index in [0.717, 1.165) is 41.6 Å². The van der Waals surface area contributed by atoms with Crippen molar-refractivity contribution < 1.29 is 0 Å². The first-order valence-electron chi connectivity index (χ1n) is 14.9. The van der Waals surface area contributed by atoms with Gasteiger partial charge in [-0.2, -0.15) is 0 Å². The number of para-hydroxylation sites is 2. The number of nitrogens with zero attached hydrogens (tertiary/aromatic N) is 3. The Morgan fingerprint density at radius 3 is 2.45 bits per heavy atom. The number of fused-ring (bicyclic) bond motifs is 5. The minimum absolute atomic E-state index is 0.0916. The molecular formula is C32H40N4O2. The second kappa shape index (κ2) is 9.18. The van der Waals surface area contributed by atoms with Gasteiger partial charge in [-0.3, -0.25) is 14.5 Å². The number of nitrogens with one attached hydrogen (secondary N) is 1. The molecule has 0 radical (unpaired) electrons. The molecule has 0 spiro atoms. The highest BCUT2D eigenvalue weighted by Gasteiger charge is 2.54. The third-order valence-electron chi connectivity index (χ3n) is 11.0. The van der Waals surface area contributed by atoms with Crippen molar-refractivity contribution in [2.75, 3.05) is 6.54 Å². The Hall–Kier alpha value is -2.73. The molecule has 6 atom stereocenters. The Balaban J connectivity index is 1.18. The number of hydrogen-bond donors (Lipinski definition) is 1. The summed E-state index contributed by atoms with van der Waals surface area (Å²) < 4.78 is 2.02. The lowest BCUT2D eigenvalue weighted by Gasteiger charge is -2.60. The van der Waals surface area contributed by atoms with E-state index >= 15 is 0 Å². The van der Waals surface area contributed by atoms with Crippen LogP contribution in [0.15, 0.2) is 52.1 Å².